The van der Waals surface area contributed by atoms with Crippen LogP contribution in [-0.2, 0) is 15.1 Å². The molecule has 30 heavy (non-hydrogen) atoms. The van der Waals surface area contributed by atoms with Gasteiger partial charge >= 0.3 is 10.3 Å². The highest BCUT2D eigenvalue weighted by Crippen LogP contribution is 2.55. The zero-order chi connectivity index (χ0) is 22.3. The monoisotopic (exact) mass is 446 g/mol. The van der Waals surface area contributed by atoms with Gasteiger partial charge < -0.3 is 10.4 Å². The maximum Gasteiger partial charge on any atom is 0.334 e. The number of benzene rings is 1. The summed E-state index contributed by atoms with van der Waals surface area (Å²) in [5.41, 5.74) is -1.99. The van der Waals surface area contributed by atoms with Crippen LogP contribution in [0, 0.1) is 29.4 Å². The maximum absolute atomic E-state index is 12.4. The van der Waals surface area contributed by atoms with Crippen LogP contribution in [0.2, 0.25) is 0 Å². The fraction of sp³-hybridized carbons (Fsp3) is 0.650. The molecule has 168 valence electrons. The zero-order valence-corrected chi connectivity index (χ0v) is 17.8. The van der Waals surface area contributed by atoms with Crippen molar-refractivity contribution < 1.29 is 31.7 Å². The number of carbonyl (C=O) groups excluding carboxylic acids is 1. The SMILES string of the molecule is CC(C)(NS(=O)(=O)O)C(=O)NC1C2CC3CC1CC(O)(C3)C2.Fc1cccc(F)c1. The molecule has 1 aromatic carbocycles. The first-order valence-electron chi connectivity index (χ1n) is 9.97. The lowest BCUT2D eigenvalue weighted by molar-refractivity contribution is -0.148. The highest BCUT2D eigenvalue weighted by atomic mass is 32.2. The molecule has 0 heterocycles. The fourth-order valence-electron chi connectivity index (χ4n) is 5.38. The summed E-state index contributed by atoms with van der Waals surface area (Å²) in [7, 11) is -4.45. The maximum atomic E-state index is 12.4. The summed E-state index contributed by atoms with van der Waals surface area (Å²) in [5, 5.41) is 13.5. The van der Waals surface area contributed by atoms with Gasteiger partial charge in [-0.3, -0.25) is 9.35 Å². The third-order valence-electron chi connectivity index (χ3n) is 6.28. The second kappa shape index (κ2) is 8.14. The minimum Gasteiger partial charge on any atom is -0.390 e. The van der Waals surface area contributed by atoms with E-state index in [1.807, 2.05) is 4.72 Å². The summed E-state index contributed by atoms with van der Waals surface area (Å²) >= 11 is 0. The van der Waals surface area contributed by atoms with Gasteiger partial charge in [-0.15, -0.1) is 0 Å². The first-order chi connectivity index (χ1) is 13.8. The molecule has 1 aromatic rings. The van der Waals surface area contributed by atoms with Gasteiger partial charge in [0.1, 0.15) is 17.2 Å². The van der Waals surface area contributed by atoms with Crippen molar-refractivity contribution in [2.45, 2.75) is 63.1 Å². The molecule has 0 radical (unpaired) electrons. The predicted octanol–water partition coefficient (Wildman–Crippen LogP) is 2.18. The third kappa shape index (κ3) is 5.54. The number of halogens is 2. The Morgan fingerprint density at radius 3 is 2.07 bits per heavy atom. The first-order valence-corrected chi connectivity index (χ1v) is 11.4. The van der Waals surface area contributed by atoms with Gasteiger partial charge in [-0.1, -0.05) is 6.07 Å². The summed E-state index contributed by atoms with van der Waals surface area (Å²) in [6.07, 6.45) is 4.30. The van der Waals surface area contributed by atoms with Crippen molar-refractivity contribution in [3.05, 3.63) is 35.9 Å². The molecular weight excluding hydrogens is 418 g/mol. The number of aliphatic hydroxyl groups is 1. The molecule has 7 nitrogen and oxygen atoms in total. The summed E-state index contributed by atoms with van der Waals surface area (Å²) in [5.74, 6) is -0.479. The Morgan fingerprint density at radius 1 is 1.13 bits per heavy atom. The smallest absolute Gasteiger partial charge is 0.334 e. The van der Waals surface area contributed by atoms with Gasteiger partial charge in [-0.05, 0) is 75.8 Å². The summed E-state index contributed by atoms with van der Waals surface area (Å²) in [6, 6.07) is 4.53. The van der Waals surface area contributed by atoms with Crippen LogP contribution in [0.15, 0.2) is 24.3 Å². The van der Waals surface area contributed by atoms with E-state index in [0.717, 1.165) is 25.3 Å². The summed E-state index contributed by atoms with van der Waals surface area (Å²) in [4.78, 5) is 12.4. The normalized spacial score (nSPS) is 32.3. The van der Waals surface area contributed by atoms with Crippen molar-refractivity contribution in [2.24, 2.45) is 17.8 Å². The van der Waals surface area contributed by atoms with Crippen molar-refractivity contribution in [1.29, 1.82) is 0 Å². The van der Waals surface area contributed by atoms with E-state index in [9.17, 15) is 27.1 Å². The number of hydrogen-bond acceptors (Lipinski definition) is 4. The lowest BCUT2D eigenvalue weighted by atomic mass is 9.52. The van der Waals surface area contributed by atoms with Gasteiger partial charge in [-0.25, -0.2) is 8.78 Å². The minimum absolute atomic E-state index is 0.0215. The van der Waals surface area contributed by atoms with Crippen molar-refractivity contribution in [3.63, 3.8) is 0 Å². The van der Waals surface area contributed by atoms with Crippen LogP contribution < -0.4 is 10.0 Å². The lowest BCUT2D eigenvalue weighted by Crippen LogP contribution is -2.65. The molecule has 0 aliphatic heterocycles. The number of nitrogens with one attached hydrogen (secondary N) is 2. The van der Waals surface area contributed by atoms with E-state index in [1.54, 1.807) is 0 Å². The van der Waals surface area contributed by atoms with Crippen molar-refractivity contribution in [1.82, 2.24) is 10.0 Å². The van der Waals surface area contributed by atoms with Gasteiger partial charge in [0.05, 0.1) is 5.60 Å². The van der Waals surface area contributed by atoms with E-state index >= 15 is 0 Å². The van der Waals surface area contributed by atoms with Gasteiger partial charge in [0.25, 0.3) is 0 Å². The van der Waals surface area contributed by atoms with E-state index in [1.165, 1.54) is 32.0 Å². The van der Waals surface area contributed by atoms with Crippen molar-refractivity contribution in [3.8, 4) is 0 Å². The summed E-state index contributed by atoms with van der Waals surface area (Å²) < 4.78 is 56.6. The summed E-state index contributed by atoms with van der Waals surface area (Å²) in [6.45, 7) is 2.83. The molecule has 4 saturated carbocycles. The Balaban J connectivity index is 0.000000269. The Labute approximate surface area is 175 Å². The molecule has 4 fully saturated rings. The fourth-order valence-corrected chi connectivity index (χ4v) is 6.12. The molecule has 2 unspecified atom stereocenters. The molecule has 4 aliphatic carbocycles. The molecular formula is C20H28F2N2O5S. The van der Waals surface area contributed by atoms with E-state index in [-0.39, 0.29) is 17.9 Å². The topological polar surface area (TPSA) is 116 Å². The minimum atomic E-state index is -4.45. The van der Waals surface area contributed by atoms with E-state index in [2.05, 4.69) is 5.32 Å². The molecule has 0 aromatic heterocycles. The van der Waals surface area contributed by atoms with Gasteiger partial charge in [0.15, 0.2) is 0 Å². The zero-order valence-electron chi connectivity index (χ0n) is 16.9. The molecule has 2 atom stereocenters. The second-order valence-electron chi connectivity index (χ2n) is 9.34. The van der Waals surface area contributed by atoms with Crippen LogP contribution in [0.25, 0.3) is 0 Å². The van der Waals surface area contributed by atoms with E-state index in [0.29, 0.717) is 18.8 Å². The Hall–Kier alpha value is -1.62. The largest absolute Gasteiger partial charge is 0.390 e. The standard InChI is InChI=1S/C14H24N2O5S.C6H4F2/c1-13(2,16-22(19,20)21)12(17)15-11-9-3-8-4-10(11)7-14(18,5-8)6-9;7-5-2-1-3-6(8)4-5/h8-11,16,18H,3-7H2,1-2H3,(H,15,17)(H,19,20,21);1-4H. The molecule has 4 aliphatic rings. The van der Waals surface area contributed by atoms with E-state index in [4.69, 9.17) is 4.55 Å². The molecule has 1 amide bonds. The average Bonchev–Trinajstić information content (AvgIpc) is 2.54. The molecule has 4 bridgehead atoms. The first kappa shape index (κ1) is 23.1. The van der Waals surface area contributed by atoms with Crippen LogP contribution in [0.1, 0.15) is 46.0 Å². The second-order valence-corrected chi connectivity index (χ2v) is 10.5. The average molecular weight is 447 g/mol. The Bertz CT molecular complexity index is 875. The van der Waals surface area contributed by atoms with Crippen LogP contribution >= 0.6 is 0 Å². The van der Waals surface area contributed by atoms with Gasteiger partial charge in [0.2, 0.25) is 5.91 Å². The van der Waals surface area contributed by atoms with Crippen LogP contribution in [0.3, 0.4) is 0 Å². The van der Waals surface area contributed by atoms with Gasteiger partial charge in [-0.2, -0.15) is 13.1 Å². The highest BCUT2D eigenvalue weighted by molar-refractivity contribution is 7.83. The number of carbonyl (C=O) groups is 1. The Morgan fingerprint density at radius 2 is 1.67 bits per heavy atom. The number of rotatable bonds is 4. The predicted molar refractivity (Wildman–Crippen MR) is 106 cm³/mol. The highest BCUT2D eigenvalue weighted by Gasteiger charge is 2.55. The third-order valence-corrected chi connectivity index (χ3v) is 7.05. The molecule has 0 saturated heterocycles. The molecule has 4 N–H and O–H groups in total. The number of hydrogen-bond donors (Lipinski definition) is 4. The molecule has 10 heteroatoms. The number of amides is 1. The van der Waals surface area contributed by atoms with Crippen LogP contribution in [-0.4, -0.2) is 41.2 Å². The van der Waals surface area contributed by atoms with Crippen molar-refractivity contribution in [2.75, 3.05) is 0 Å². The van der Waals surface area contributed by atoms with Gasteiger partial charge in [0, 0.05) is 12.1 Å². The van der Waals surface area contributed by atoms with Crippen LogP contribution in [0.5, 0.6) is 0 Å². The molecule has 5 rings (SSSR count). The van der Waals surface area contributed by atoms with Crippen LogP contribution in [0.4, 0.5) is 8.78 Å². The lowest BCUT2D eigenvalue weighted by Gasteiger charge is -2.58. The van der Waals surface area contributed by atoms with Crippen molar-refractivity contribution >= 4 is 16.2 Å². The van der Waals surface area contributed by atoms with E-state index < -0.39 is 39.0 Å². The quantitative estimate of drug-likeness (QED) is 0.529. The Kier molecular flexibility index (Phi) is 6.26. The molecule has 0 spiro atoms.